The van der Waals surface area contributed by atoms with E-state index in [1.165, 1.54) is 11.3 Å². The van der Waals surface area contributed by atoms with Crippen LogP contribution in [-0.2, 0) is 6.42 Å². The third-order valence-corrected chi connectivity index (χ3v) is 4.98. The molecule has 1 heterocycles. The lowest BCUT2D eigenvalue weighted by Crippen LogP contribution is -2.14. The number of aromatic nitrogens is 1. The van der Waals surface area contributed by atoms with Crippen LogP contribution in [-0.4, -0.2) is 18.0 Å². The normalized spacial score (nSPS) is 10.8. The van der Waals surface area contributed by atoms with Crippen LogP contribution in [0.15, 0.2) is 53.9 Å². The molecule has 0 saturated heterocycles. The SMILES string of the molecule is COc1ccc(Cc2nc(C(=O)Nc3ccccc3C(C)C)cs2)cc1. The molecule has 0 unspecified atom stereocenters. The number of nitrogens with zero attached hydrogens (tertiary/aromatic N) is 1. The molecule has 3 aromatic rings. The van der Waals surface area contributed by atoms with Gasteiger partial charge in [-0.15, -0.1) is 11.3 Å². The average Bonchev–Trinajstić information content (AvgIpc) is 3.11. The van der Waals surface area contributed by atoms with Crippen molar-refractivity contribution >= 4 is 22.9 Å². The van der Waals surface area contributed by atoms with Gasteiger partial charge in [-0.2, -0.15) is 0 Å². The van der Waals surface area contributed by atoms with Crippen molar-refractivity contribution in [1.29, 1.82) is 0 Å². The van der Waals surface area contributed by atoms with Crippen molar-refractivity contribution in [1.82, 2.24) is 4.98 Å². The Hall–Kier alpha value is -2.66. The van der Waals surface area contributed by atoms with Crippen LogP contribution in [0.1, 0.15) is 46.4 Å². The van der Waals surface area contributed by atoms with Crippen LogP contribution < -0.4 is 10.1 Å². The number of benzene rings is 2. The summed E-state index contributed by atoms with van der Waals surface area (Å²) in [6.45, 7) is 4.22. The maximum absolute atomic E-state index is 12.6. The number of carbonyl (C=O) groups excluding carboxylic acids is 1. The lowest BCUT2D eigenvalue weighted by Gasteiger charge is -2.12. The van der Waals surface area contributed by atoms with Crippen molar-refractivity contribution < 1.29 is 9.53 Å². The lowest BCUT2D eigenvalue weighted by atomic mass is 10.0. The van der Waals surface area contributed by atoms with Gasteiger partial charge in [0, 0.05) is 17.5 Å². The molecule has 0 aliphatic carbocycles. The van der Waals surface area contributed by atoms with Crippen molar-refractivity contribution in [3.8, 4) is 5.75 Å². The van der Waals surface area contributed by atoms with E-state index in [4.69, 9.17) is 4.74 Å². The molecule has 0 aliphatic rings. The topological polar surface area (TPSA) is 51.2 Å². The summed E-state index contributed by atoms with van der Waals surface area (Å²) in [7, 11) is 1.65. The van der Waals surface area contributed by atoms with Crippen molar-refractivity contribution in [3.05, 3.63) is 75.7 Å². The predicted molar refractivity (Wildman–Crippen MR) is 106 cm³/mol. The largest absolute Gasteiger partial charge is 0.497 e. The van der Waals surface area contributed by atoms with Crippen molar-refractivity contribution in [2.24, 2.45) is 0 Å². The third kappa shape index (κ3) is 4.29. The van der Waals surface area contributed by atoms with Crippen LogP contribution >= 0.6 is 11.3 Å². The molecular weight excluding hydrogens is 344 g/mol. The standard InChI is InChI=1S/C21H22N2O2S/c1-14(2)17-6-4-5-7-18(17)23-21(24)19-13-26-20(22-19)12-15-8-10-16(25-3)11-9-15/h4-11,13-14H,12H2,1-3H3,(H,23,24). The van der Waals surface area contributed by atoms with Crippen LogP contribution in [0, 0.1) is 0 Å². The molecule has 0 spiro atoms. The van der Waals surface area contributed by atoms with Gasteiger partial charge in [0.05, 0.1) is 12.1 Å². The number of amides is 1. The highest BCUT2D eigenvalue weighted by molar-refractivity contribution is 7.09. The molecule has 1 amide bonds. The summed E-state index contributed by atoms with van der Waals surface area (Å²) in [5, 5.41) is 5.72. The summed E-state index contributed by atoms with van der Waals surface area (Å²) < 4.78 is 5.17. The van der Waals surface area contributed by atoms with Gasteiger partial charge in [-0.3, -0.25) is 4.79 Å². The zero-order chi connectivity index (χ0) is 18.5. The van der Waals surface area contributed by atoms with Crippen LogP contribution in [0.4, 0.5) is 5.69 Å². The fourth-order valence-corrected chi connectivity index (χ4v) is 3.52. The highest BCUT2D eigenvalue weighted by Crippen LogP contribution is 2.24. The molecule has 0 saturated carbocycles. The number of para-hydroxylation sites is 1. The molecule has 0 atom stereocenters. The quantitative estimate of drug-likeness (QED) is 0.659. The number of nitrogens with one attached hydrogen (secondary N) is 1. The second-order valence-corrected chi connectivity index (χ2v) is 7.29. The monoisotopic (exact) mass is 366 g/mol. The van der Waals surface area contributed by atoms with Gasteiger partial charge in [-0.05, 0) is 35.2 Å². The Balaban J connectivity index is 1.70. The molecule has 0 aliphatic heterocycles. The summed E-state index contributed by atoms with van der Waals surface area (Å²) in [5.41, 5.74) is 3.56. The molecule has 3 rings (SSSR count). The van der Waals surface area contributed by atoms with Crippen LogP contribution in [0.2, 0.25) is 0 Å². The number of rotatable bonds is 6. The maximum Gasteiger partial charge on any atom is 0.275 e. The summed E-state index contributed by atoms with van der Waals surface area (Å²) in [6.07, 6.45) is 0.699. The Bertz CT molecular complexity index is 885. The number of anilines is 1. The number of thiazole rings is 1. The fraction of sp³-hybridized carbons (Fsp3) is 0.238. The molecular formula is C21H22N2O2S. The van der Waals surface area contributed by atoms with E-state index in [0.717, 1.165) is 27.6 Å². The third-order valence-electron chi connectivity index (χ3n) is 4.13. The van der Waals surface area contributed by atoms with Crippen LogP contribution in [0.5, 0.6) is 5.75 Å². The minimum atomic E-state index is -0.171. The van der Waals surface area contributed by atoms with E-state index in [1.807, 2.05) is 53.9 Å². The van der Waals surface area contributed by atoms with E-state index in [2.05, 4.69) is 24.1 Å². The minimum Gasteiger partial charge on any atom is -0.497 e. The number of carbonyl (C=O) groups is 1. The summed E-state index contributed by atoms with van der Waals surface area (Å²) in [5.74, 6) is 1.000. The van der Waals surface area contributed by atoms with Gasteiger partial charge in [0.25, 0.3) is 5.91 Å². The zero-order valence-electron chi connectivity index (χ0n) is 15.2. The summed E-state index contributed by atoms with van der Waals surface area (Å²) in [4.78, 5) is 17.0. The van der Waals surface area contributed by atoms with E-state index in [1.54, 1.807) is 7.11 Å². The minimum absolute atomic E-state index is 0.171. The van der Waals surface area contributed by atoms with Gasteiger partial charge in [-0.1, -0.05) is 44.2 Å². The fourth-order valence-electron chi connectivity index (χ4n) is 2.72. The first-order valence-electron chi connectivity index (χ1n) is 8.54. The zero-order valence-corrected chi connectivity index (χ0v) is 16.0. The highest BCUT2D eigenvalue weighted by Gasteiger charge is 2.14. The Morgan fingerprint density at radius 3 is 2.58 bits per heavy atom. The Morgan fingerprint density at radius 1 is 1.15 bits per heavy atom. The van der Waals surface area contributed by atoms with Gasteiger partial charge >= 0.3 is 0 Å². The van der Waals surface area contributed by atoms with Gasteiger partial charge in [0.1, 0.15) is 11.4 Å². The highest BCUT2D eigenvalue weighted by atomic mass is 32.1. The van der Waals surface area contributed by atoms with E-state index in [0.29, 0.717) is 18.0 Å². The van der Waals surface area contributed by atoms with Crippen LogP contribution in [0.3, 0.4) is 0 Å². The molecule has 0 fully saturated rings. The molecule has 2 aromatic carbocycles. The van der Waals surface area contributed by atoms with Crippen LogP contribution in [0.25, 0.3) is 0 Å². The smallest absolute Gasteiger partial charge is 0.275 e. The molecule has 1 aromatic heterocycles. The lowest BCUT2D eigenvalue weighted by molar-refractivity contribution is 0.102. The van der Waals surface area contributed by atoms with Crippen molar-refractivity contribution in [3.63, 3.8) is 0 Å². The Labute approximate surface area is 157 Å². The second-order valence-electron chi connectivity index (χ2n) is 6.35. The first-order chi connectivity index (χ1) is 12.6. The van der Waals surface area contributed by atoms with Crippen molar-refractivity contribution in [2.75, 3.05) is 12.4 Å². The number of hydrogen-bond donors (Lipinski definition) is 1. The first kappa shape index (κ1) is 18.1. The number of ether oxygens (including phenoxy) is 1. The molecule has 4 nitrogen and oxygen atoms in total. The molecule has 5 heteroatoms. The van der Waals surface area contributed by atoms with E-state index >= 15 is 0 Å². The molecule has 0 radical (unpaired) electrons. The number of hydrogen-bond acceptors (Lipinski definition) is 4. The first-order valence-corrected chi connectivity index (χ1v) is 9.42. The molecule has 0 bridgehead atoms. The number of methoxy groups -OCH3 is 1. The molecule has 1 N–H and O–H groups in total. The van der Waals surface area contributed by atoms with Gasteiger partial charge in [0.2, 0.25) is 0 Å². The van der Waals surface area contributed by atoms with Crippen molar-refractivity contribution in [2.45, 2.75) is 26.2 Å². The van der Waals surface area contributed by atoms with Gasteiger partial charge in [-0.25, -0.2) is 4.98 Å². The summed E-state index contributed by atoms with van der Waals surface area (Å²) >= 11 is 1.50. The van der Waals surface area contributed by atoms with Gasteiger partial charge in [0.15, 0.2) is 0 Å². The van der Waals surface area contributed by atoms with E-state index in [-0.39, 0.29) is 5.91 Å². The predicted octanol–water partition coefficient (Wildman–Crippen LogP) is 5.12. The van der Waals surface area contributed by atoms with E-state index < -0.39 is 0 Å². The summed E-state index contributed by atoms with van der Waals surface area (Å²) in [6, 6.07) is 15.8. The van der Waals surface area contributed by atoms with E-state index in [9.17, 15) is 4.79 Å². The average molecular weight is 366 g/mol. The molecule has 26 heavy (non-hydrogen) atoms. The second kappa shape index (κ2) is 8.15. The Kier molecular flexibility index (Phi) is 5.68. The Morgan fingerprint density at radius 2 is 1.88 bits per heavy atom. The molecule has 134 valence electrons. The maximum atomic E-state index is 12.6. The van der Waals surface area contributed by atoms with Gasteiger partial charge < -0.3 is 10.1 Å².